The quantitative estimate of drug-likeness (QED) is 0.649. The molecule has 0 saturated carbocycles. The van der Waals surface area contributed by atoms with E-state index in [0.717, 1.165) is 51.1 Å². The van der Waals surface area contributed by atoms with Gasteiger partial charge in [-0.05, 0) is 51.2 Å². The van der Waals surface area contributed by atoms with Gasteiger partial charge in [0.05, 0.1) is 0 Å². The minimum atomic E-state index is -0.366. The lowest BCUT2D eigenvalue weighted by Gasteiger charge is -2.26. The Morgan fingerprint density at radius 1 is 1.10 bits per heavy atom. The summed E-state index contributed by atoms with van der Waals surface area (Å²) in [6, 6.07) is 4.41. The largest absolute Gasteiger partial charge is 0.371 e. The summed E-state index contributed by atoms with van der Waals surface area (Å²) in [5.41, 5.74) is 1.25. The number of hydrogen-bond donors (Lipinski definition) is 0. The Bertz CT molecular complexity index is 419. The molecule has 1 rings (SSSR count). The number of aldehydes is 1. The highest BCUT2D eigenvalue weighted by atomic mass is 19.1. The van der Waals surface area contributed by atoms with E-state index in [1.165, 1.54) is 12.1 Å². The third-order valence-electron chi connectivity index (χ3n) is 3.64. The summed E-state index contributed by atoms with van der Waals surface area (Å²) in [5.74, 6) is -0.366. The van der Waals surface area contributed by atoms with Crippen LogP contribution in [0.25, 0.3) is 0 Å². The monoisotopic (exact) mass is 280 g/mol. The summed E-state index contributed by atoms with van der Waals surface area (Å²) in [6.07, 6.45) is 1.76. The van der Waals surface area contributed by atoms with E-state index in [2.05, 4.69) is 30.6 Å². The van der Waals surface area contributed by atoms with Gasteiger partial charge < -0.3 is 9.80 Å². The summed E-state index contributed by atoms with van der Waals surface area (Å²) >= 11 is 0. The second kappa shape index (κ2) is 8.69. The summed E-state index contributed by atoms with van der Waals surface area (Å²) in [4.78, 5) is 15.6. The Morgan fingerprint density at radius 3 is 2.35 bits per heavy atom. The van der Waals surface area contributed by atoms with Crippen LogP contribution in [0.5, 0.6) is 0 Å². The van der Waals surface area contributed by atoms with Crippen molar-refractivity contribution in [1.29, 1.82) is 0 Å². The van der Waals surface area contributed by atoms with Gasteiger partial charge >= 0.3 is 0 Å². The second-order valence-electron chi connectivity index (χ2n) is 4.78. The molecule has 0 aliphatic rings. The molecular weight excluding hydrogens is 255 g/mol. The van der Waals surface area contributed by atoms with Crippen LogP contribution in [0.3, 0.4) is 0 Å². The standard InChI is InChI=1S/C16H25FN2O/c1-4-18(5-2)10-7-11-19(6-3)16-9-8-15(17)12-14(16)13-20/h8-9,12-13H,4-7,10-11H2,1-3H3. The van der Waals surface area contributed by atoms with Crippen molar-refractivity contribution in [3.63, 3.8) is 0 Å². The van der Waals surface area contributed by atoms with E-state index in [9.17, 15) is 9.18 Å². The zero-order chi connectivity index (χ0) is 15.0. The van der Waals surface area contributed by atoms with Gasteiger partial charge in [-0.2, -0.15) is 0 Å². The number of rotatable bonds is 9. The summed E-state index contributed by atoms with van der Waals surface area (Å²) in [6.45, 7) is 11.2. The molecule has 1 aromatic rings. The van der Waals surface area contributed by atoms with Crippen molar-refractivity contribution in [1.82, 2.24) is 4.90 Å². The molecule has 0 bridgehead atoms. The van der Waals surface area contributed by atoms with Crippen molar-refractivity contribution in [3.05, 3.63) is 29.6 Å². The van der Waals surface area contributed by atoms with Crippen molar-refractivity contribution in [2.24, 2.45) is 0 Å². The Morgan fingerprint density at radius 2 is 1.80 bits per heavy atom. The van der Waals surface area contributed by atoms with Crippen LogP contribution in [0, 0.1) is 5.82 Å². The number of carbonyl (C=O) groups excluding carboxylic acids is 1. The topological polar surface area (TPSA) is 23.6 Å². The number of hydrogen-bond acceptors (Lipinski definition) is 3. The van der Waals surface area contributed by atoms with Gasteiger partial charge in [0, 0.05) is 24.3 Å². The predicted octanol–water partition coefficient (Wildman–Crippen LogP) is 3.20. The molecule has 0 aliphatic carbocycles. The van der Waals surface area contributed by atoms with Gasteiger partial charge in [-0.25, -0.2) is 4.39 Å². The maximum Gasteiger partial charge on any atom is 0.152 e. The maximum absolute atomic E-state index is 13.2. The van der Waals surface area contributed by atoms with E-state index in [1.54, 1.807) is 6.07 Å². The van der Waals surface area contributed by atoms with Crippen molar-refractivity contribution < 1.29 is 9.18 Å². The number of anilines is 1. The maximum atomic E-state index is 13.2. The number of nitrogens with zero attached hydrogens (tertiary/aromatic N) is 2. The summed E-state index contributed by atoms with van der Waals surface area (Å²) in [5, 5.41) is 0. The van der Waals surface area contributed by atoms with Gasteiger partial charge in [-0.15, -0.1) is 0 Å². The van der Waals surface area contributed by atoms with Crippen LogP contribution >= 0.6 is 0 Å². The molecule has 0 aromatic heterocycles. The Kier molecular flexibility index (Phi) is 7.23. The van der Waals surface area contributed by atoms with Gasteiger partial charge in [0.25, 0.3) is 0 Å². The van der Waals surface area contributed by atoms with Crippen LogP contribution in [0.1, 0.15) is 37.6 Å². The zero-order valence-electron chi connectivity index (χ0n) is 12.7. The molecule has 0 spiro atoms. The lowest BCUT2D eigenvalue weighted by molar-refractivity contribution is 0.112. The van der Waals surface area contributed by atoms with Crippen LogP contribution in [0.2, 0.25) is 0 Å². The lowest BCUT2D eigenvalue weighted by atomic mass is 10.1. The zero-order valence-corrected chi connectivity index (χ0v) is 12.7. The van der Waals surface area contributed by atoms with E-state index in [1.807, 2.05) is 0 Å². The first-order chi connectivity index (χ1) is 9.65. The van der Waals surface area contributed by atoms with E-state index in [-0.39, 0.29) is 5.82 Å². The average molecular weight is 280 g/mol. The summed E-state index contributed by atoms with van der Waals surface area (Å²) < 4.78 is 13.2. The Balaban J connectivity index is 2.69. The molecule has 0 saturated heterocycles. The molecule has 1 aromatic carbocycles. The molecule has 3 nitrogen and oxygen atoms in total. The van der Waals surface area contributed by atoms with Crippen LogP contribution in [-0.2, 0) is 0 Å². The summed E-state index contributed by atoms with van der Waals surface area (Å²) in [7, 11) is 0. The Labute approximate surface area is 121 Å². The third kappa shape index (κ3) is 4.60. The lowest BCUT2D eigenvalue weighted by Crippen LogP contribution is -2.30. The highest BCUT2D eigenvalue weighted by molar-refractivity contribution is 5.84. The Hall–Kier alpha value is -1.42. The second-order valence-corrected chi connectivity index (χ2v) is 4.78. The molecule has 0 amide bonds. The van der Waals surface area contributed by atoms with Gasteiger partial charge in [0.15, 0.2) is 6.29 Å². The smallest absolute Gasteiger partial charge is 0.152 e. The highest BCUT2D eigenvalue weighted by Crippen LogP contribution is 2.20. The van der Waals surface area contributed by atoms with Gasteiger partial charge in [0.1, 0.15) is 5.82 Å². The molecule has 0 heterocycles. The van der Waals surface area contributed by atoms with E-state index in [4.69, 9.17) is 0 Å². The van der Waals surface area contributed by atoms with Gasteiger partial charge in [0.2, 0.25) is 0 Å². The van der Waals surface area contributed by atoms with E-state index in [0.29, 0.717) is 5.56 Å². The van der Waals surface area contributed by atoms with Crippen LogP contribution in [-0.4, -0.2) is 43.9 Å². The minimum absolute atomic E-state index is 0.366. The first kappa shape index (κ1) is 16.6. The van der Waals surface area contributed by atoms with Crippen LogP contribution < -0.4 is 4.90 Å². The van der Waals surface area contributed by atoms with Crippen LogP contribution in [0.15, 0.2) is 18.2 Å². The molecule has 20 heavy (non-hydrogen) atoms. The van der Waals surface area contributed by atoms with Crippen molar-refractivity contribution in [2.75, 3.05) is 37.6 Å². The average Bonchev–Trinajstić information content (AvgIpc) is 2.48. The molecular formula is C16H25FN2O. The SMILES string of the molecule is CCN(CC)CCCN(CC)c1ccc(F)cc1C=O. The first-order valence-corrected chi connectivity index (χ1v) is 7.38. The predicted molar refractivity (Wildman–Crippen MR) is 82.1 cm³/mol. The van der Waals surface area contributed by atoms with Crippen molar-refractivity contribution in [3.8, 4) is 0 Å². The van der Waals surface area contributed by atoms with Gasteiger partial charge in [-0.1, -0.05) is 13.8 Å². The molecule has 0 fully saturated rings. The van der Waals surface area contributed by atoms with Crippen LogP contribution in [0.4, 0.5) is 10.1 Å². The number of halogens is 1. The minimum Gasteiger partial charge on any atom is -0.371 e. The fourth-order valence-electron chi connectivity index (χ4n) is 2.38. The molecule has 0 radical (unpaired) electrons. The van der Waals surface area contributed by atoms with Crippen molar-refractivity contribution in [2.45, 2.75) is 27.2 Å². The number of carbonyl (C=O) groups is 1. The first-order valence-electron chi connectivity index (χ1n) is 7.38. The molecule has 0 N–H and O–H groups in total. The third-order valence-corrected chi connectivity index (χ3v) is 3.64. The highest BCUT2D eigenvalue weighted by Gasteiger charge is 2.10. The van der Waals surface area contributed by atoms with E-state index < -0.39 is 0 Å². The molecule has 0 aliphatic heterocycles. The van der Waals surface area contributed by atoms with Crippen molar-refractivity contribution >= 4 is 12.0 Å². The van der Waals surface area contributed by atoms with Gasteiger partial charge in [-0.3, -0.25) is 4.79 Å². The van der Waals surface area contributed by atoms with E-state index >= 15 is 0 Å². The number of benzene rings is 1. The molecule has 0 unspecified atom stereocenters. The fraction of sp³-hybridized carbons (Fsp3) is 0.562. The molecule has 112 valence electrons. The normalized spacial score (nSPS) is 10.8. The molecule has 0 atom stereocenters. The fourth-order valence-corrected chi connectivity index (χ4v) is 2.38. The molecule has 4 heteroatoms.